The minimum atomic E-state index is 0.846. The van der Waals surface area contributed by atoms with E-state index in [4.69, 9.17) is 0 Å². The number of rotatable bonds is 20. The highest BCUT2D eigenvalue weighted by Crippen LogP contribution is 2.37. The highest BCUT2D eigenvalue weighted by Gasteiger charge is 2.26. The molecule has 4 aliphatic rings. The molecule has 192 valence electrons. The van der Waals surface area contributed by atoms with Crippen LogP contribution in [0.25, 0.3) is 0 Å². The Hall–Kier alpha value is 3.85. The number of hydrogen-bond acceptors (Lipinski definition) is 11. The molecule has 11 heteroatoms. The van der Waals surface area contributed by atoms with Crippen molar-refractivity contribution in [3.8, 4) is 0 Å². The van der Waals surface area contributed by atoms with E-state index in [0.29, 0.717) is 0 Å². The molecule has 4 heterocycles. The van der Waals surface area contributed by atoms with Crippen LogP contribution in [0.4, 0.5) is 0 Å². The molecule has 2 unspecified atom stereocenters. The van der Waals surface area contributed by atoms with Crippen LogP contribution in [0.5, 0.6) is 0 Å². The van der Waals surface area contributed by atoms with Gasteiger partial charge >= 0.3 is 0 Å². The Labute approximate surface area is 250 Å². The van der Waals surface area contributed by atoms with E-state index in [0.717, 1.165) is 31.5 Å². The predicted octanol–water partition coefficient (Wildman–Crippen LogP) is 7.32. The van der Waals surface area contributed by atoms with Crippen molar-refractivity contribution in [3.63, 3.8) is 0 Å². The second-order valence-corrected chi connectivity index (χ2v) is 22.3. The SMILES string of the molecule is C(CSC1CSC1)SCC(CSC1CSC1)SC(CSCCSC1CSC1)CSC1CSC1. The summed E-state index contributed by atoms with van der Waals surface area (Å²) in [6.45, 7) is 0. The van der Waals surface area contributed by atoms with E-state index in [9.17, 15) is 0 Å². The van der Waals surface area contributed by atoms with Gasteiger partial charge in [0.05, 0.1) is 0 Å². The molecule has 4 aliphatic heterocycles. The van der Waals surface area contributed by atoms with Gasteiger partial charge in [0.2, 0.25) is 0 Å². The van der Waals surface area contributed by atoms with E-state index in [1.165, 1.54) is 92.0 Å². The first-order chi connectivity index (χ1) is 16.3. The summed E-state index contributed by atoms with van der Waals surface area (Å²) >= 11 is 24.5. The lowest BCUT2D eigenvalue weighted by Gasteiger charge is -2.30. The molecule has 0 amide bonds. The molecule has 0 N–H and O–H groups in total. The smallest absolute Gasteiger partial charge is 0.0232 e. The fraction of sp³-hybridized carbons (Fsp3) is 1.00. The molecular formula is C22H38S11. The Morgan fingerprint density at radius 3 is 1.15 bits per heavy atom. The van der Waals surface area contributed by atoms with Gasteiger partial charge in [-0.3, -0.25) is 0 Å². The van der Waals surface area contributed by atoms with Crippen molar-refractivity contribution >= 4 is 129 Å². The van der Waals surface area contributed by atoms with Crippen molar-refractivity contribution in [2.24, 2.45) is 0 Å². The van der Waals surface area contributed by atoms with Gasteiger partial charge in [0.25, 0.3) is 0 Å². The highest BCUT2D eigenvalue weighted by molar-refractivity contribution is 8.11. The van der Waals surface area contributed by atoms with Gasteiger partial charge in [0.1, 0.15) is 0 Å². The molecule has 2 atom stereocenters. The average Bonchev–Trinajstić information content (AvgIpc) is 2.67. The third-order valence-corrected chi connectivity index (χ3v) is 22.8. The summed E-state index contributed by atoms with van der Waals surface area (Å²) in [5, 5.41) is 5.53. The molecule has 0 aliphatic carbocycles. The second kappa shape index (κ2) is 18.2. The average molecular weight is 655 g/mol. The predicted molar refractivity (Wildman–Crippen MR) is 184 cm³/mol. The molecule has 0 saturated carbocycles. The van der Waals surface area contributed by atoms with Crippen LogP contribution in [0.2, 0.25) is 0 Å². The maximum Gasteiger partial charge on any atom is 0.0232 e. The van der Waals surface area contributed by atoms with Crippen molar-refractivity contribution in [2.45, 2.75) is 31.5 Å². The Bertz CT molecular complexity index is 465. The lowest BCUT2D eigenvalue weighted by atomic mass is 10.5. The number of thioether (sulfide) groups is 11. The van der Waals surface area contributed by atoms with Crippen molar-refractivity contribution in [1.82, 2.24) is 0 Å². The lowest BCUT2D eigenvalue weighted by Crippen LogP contribution is -2.27. The van der Waals surface area contributed by atoms with Gasteiger partial charge in [-0.25, -0.2) is 0 Å². The fourth-order valence-corrected chi connectivity index (χ4v) is 18.2. The van der Waals surface area contributed by atoms with Crippen LogP contribution in [0, 0.1) is 0 Å². The van der Waals surface area contributed by atoms with Gasteiger partial charge < -0.3 is 0 Å². The van der Waals surface area contributed by atoms with Crippen LogP contribution in [-0.2, 0) is 0 Å². The van der Waals surface area contributed by atoms with Crippen LogP contribution in [0.1, 0.15) is 0 Å². The van der Waals surface area contributed by atoms with Crippen molar-refractivity contribution in [1.29, 1.82) is 0 Å². The van der Waals surface area contributed by atoms with E-state index in [1.54, 1.807) is 0 Å². The first-order valence-corrected chi connectivity index (χ1v) is 24.0. The van der Waals surface area contributed by atoms with E-state index in [1.807, 2.05) is 0 Å². The molecule has 0 aromatic carbocycles. The van der Waals surface area contributed by atoms with Crippen LogP contribution >= 0.6 is 129 Å². The first-order valence-electron chi connectivity index (χ1n) is 11.9. The minimum Gasteiger partial charge on any atom is -0.160 e. The molecular weight excluding hydrogens is 617 g/mol. The lowest BCUT2D eigenvalue weighted by molar-refractivity contribution is 1.04. The van der Waals surface area contributed by atoms with Crippen LogP contribution in [-0.4, -0.2) is 124 Å². The molecule has 0 aromatic rings. The summed E-state index contributed by atoms with van der Waals surface area (Å²) in [4.78, 5) is 0. The number of hydrogen-bond donors (Lipinski definition) is 0. The molecule has 4 rings (SSSR count). The fourth-order valence-electron chi connectivity index (χ4n) is 3.23. The van der Waals surface area contributed by atoms with Crippen molar-refractivity contribution in [2.75, 3.05) is 92.0 Å². The molecule has 4 saturated heterocycles. The maximum absolute atomic E-state index is 2.39. The normalized spacial score (nSPS) is 24.0. The van der Waals surface area contributed by atoms with Crippen LogP contribution < -0.4 is 0 Å². The summed E-state index contributed by atoms with van der Waals surface area (Å²) in [6, 6.07) is 0. The Morgan fingerprint density at radius 1 is 0.455 bits per heavy atom. The largest absolute Gasteiger partial charge is 0.160 e. The molecule has 33 heavy (non-hydrogen) atoms. The summed E-state index contributed by atoms with van der Waals surface area (Å²) in [6.07, 6.45) is 0. The first kappa shape index (κ1) is 29.8. The van der Waals surface area contributed by atoms with E-state index in [-0.39, 0.29) is 0 Å². The summed E-state index contributed by atoms with van der Waals surface area (Å²) in [5.74, 6) is 22.2. The van der Waals surface area contributed by atoms with Gasteiger partial charge in [-0.1, -0.05) is 0 Å². The van der Waals surface area contributed by atoms with Gasteiger partial charge in [-0.15, -0.1) is 0 Å². The van der Waals surface area contributed by atoms with Gasteiger partial charge in [-0.05, 0) is 0 Å². The van der Waals surface area contributed by atoms with Gasteiger partial charge in [0.15, 0.2) is 0 Å². The maximum atomic E-state index is 2.39. The summed E-state index contributed by atoms with van der Waals surface area (Å²) in [7, 11) is 0. The quantitative estimate of drug-likeness (QED) is 0.121. The minimum absolute atomic E-state index is 0.846. The second-order valence-electron chi connectivity index (χ2n) is 8.58. The standard InChI is InChI=1S/C22H38S11/c1(3-29-17-5-25-6-17)23-13-21(15-31-19-9-27-10-19)33-22(16-32-20-11-28-12-20)14-24-2-4-30-18-7-26-8-18/h17-22H,1-16H2. The summed E-state index contributed by atoms with van der Waals surface area (Å²) < 4.78 is 0. The highest BCUT2D eigenvalue weighted by atomic mass is 32.2. The Kier molecular flexibility index (Phi) is 16.5. The Morgan fingerprint density at radius 2 is 0.818 bits per heavy atom. The zero-order chi connectivity index (χ0) is 22.6. The monoisotopic (exact) mass is 654 g/mol. The van der Waals surface area contributed by atoms with E-state index < -0.39 is 0 Å². The topological polar surface area (TPSA) is 0 Å². The van der Waals surface area contributed by atoms with Crippen LogP contribution in [0.15, 0.2) is 0 Å². The summed E-state index contributed by atoms with van der Waals surface area (Å²) in [5.41, 5.74) is 0. The Balaban J connectivity index is 1.16. The molecule has 0 nitrogen and oxygen atoms in total. The van der Waals surface area contributed by atoms with Gasteiger partial charge in [-0.2, -0.15) is 129 Å². The van der Waals surface area contributed by atoms with Crippen molar-refractivity contribution < 1.29 is 0 Å². The zero-order valence-corrected chi connectivity index (χ0v) is 28.3. The van der Waals surface area contributed by atoms with Crippen molar-refractivity contribution in [3.05, 3.63) is 0 Å². The zero-order valence-electron chi connectivity index (χ0n) is 19.3. The molecule has 4 fully saturated rings. The van der Waals surface area contributed by atoms with E-state index in [2.05, 4.69) is 129 Å². The van der Waals surface area contributed by atoms with E-state index >= 15 is 0 Å². The third kappa shape index (κ3) is 12.3. The molecule has 0 radical (unpaired) electrons. The molecule has 0 aromatic heterocycles. The molecule has 0 bridgehead atoms. The molecule has 0 spiro atoms. The van der Waals surface area contributed by atoms with Crippen LogP contribution in [0.3, 0.4) is 0 Å². The third-order valence-electron chi connectivity index (χ3n) is 5.62. The van der Waals surface area contributed by atoms with Gasteiger partial charge in [0, 0.05) is 124 Å².